The molecule has 730 valence electrons. The number of ether oxygens (including phenoxy) is 7. The third-order valence-electron chi connectivity index (χ3n) is 22.8. The van der Waals surface area contributed by atoms with Gasteiger partial charge in [-0.25, -0.2) is 86.6 Å². The zero-order valence-electron chi connectivity index (χ0n) is 67.9. The lowest BCUT2D eigenvalue weighted by atomic mass is 10.0. The molecule has 12 aromatic rings. The van der Waals surface area contributed by atoms with Crippen LogP contribution in [0.4, 0.5) is 39.7 Å². The summed E-state index contributed by atoms with van der Waals surface area (Å²) in [6.45, 7) is -5.22. The molecule has 0 saturated carbocycles. The van der Waals surface area contributed by atoms with Crippen molar-refractivity contribution >= 4 is 149 Å². The third kappa shape index (κ3) is 17.1. The van der Waals surface area contributed by atoms with Gasteiger partial charge in [-0.3, -0.25) is 106 Å². The molecule has 0 aromatic carbocycles. The number of hydrogen-bond donors (Lipinski definition) is 19. The van der Waals surface area contributed by atoms with E-state index in [0.717, 1.165) is 49.9 Å². The molecule has 10 fully saturated rings. The van der Waals surface area contributed by atoms with Gasteiger partial charge in [0.05, 0.1) is 83.3 Å². The summed E-state index contributed by atoms with van der Waals surface area (Å²) in [4.78, 5) is 164. The highest BCUT2D eigenvalue weighted by Crippen LogP contribution is 2.61. The average Bonchev–Trinajstić information content (AvgIpc) is 1.55. The first-order valence-electron chi connectivity index (χ1n) is 39.5. The Balaban J connectivity index is 0.000000126. The fourth-order valence-electron chi connectivity index (χ4n) is 16.7. The van der Waals surface area contributed by atoms with Crippen LogP contribution >= 0.6 is 46.9 Å². The zero-order valence-corrected chi connectivity index (χ0v) is 73.2. The highest BCUT2D eigenvalue weighted by atomic mass is 31.2. The Morgan fingerprint density at radius 1 is 0.360 bits per heavy atom. The topological polar surface area (TPSA) is 945 Å². The van der Waals surface area contributed by atoms with Crippen LogP contribution in [0, 0.1) is 0 Å². The van der Waals surface area contributed by atoms with E-state index in [2.05, 4.69) is 84.7 Å². The van der Waals surface area contributed by atoms with Crippen LogP contribution in [0.5, 0.6) is 0 Å². The van der Waals surface area contributed by atoms with E-state index in [1.165, 1.54) is 34.3 Å². The maximum Gasteiger partial charge on any atom is 0.472 e. The number of H-pyrrole nitrogens is 3. The molecule has 8 bridgehead atoms. The molecule has 10 saturated heterocycles. The van der Waals surface area contributed by atoms with Gasteiger partial charge in [0.25, 0.3) is 16.7 Å². The van der Waals surface area contributed by atoms with Gasteiger partial charge >= 0.3 is 46.9 Å². The zero-order chi connectivity index (χ0) is 95.8. The molecule has 25 N–H and O–H groups in total. The first-order valence-corrected chi connectivity index (χ1v) is 48.4. The first-order chi connectivity index (χ1) is 64.5. The van der Waals surface area contributed by atoms with E-state index in [4.69, 9.17) is 122 Å². The van der Waals surface area contributed by atoms with E-state index in [-0.39, 0.29) is 103 Å². The second-order valence-electron chi connectivity index (χ2n) is 31.2. The maximum absolute atomic E-state index is 15.9. The number of aromatic amines is 3. The Morgan fingerprint density at radius 3 is 1.15 bits per heavy atom. The van der Waals surface area contributed by atoms with Crippen molar-refractivity contribution in [1.29, 1.82) is 0 Å². The molecule has 67 nitrogen and oxygen atoms in total. The molecule has 12 aromatic heterocycles. The number of fused-ring (bicyclic) bond motifs is 14. The Bertz CT molecular complexity index is 6940. The van der Waals surface area contributed by atoms with Crippen LogP contribution in [0.2, 0.25) is 0 Å². The fraction of sp³-hybridized carbons (Fsp3) is 0.500. The summed E-state index contributed by atoms with van der Waals surface area (Å²) in [5.74, 6) is -0.617. The van der Waals surface area contributed by atoms with Crippen molar-refractivity contribution in [3.05, 3.63) is 93.9 Å². The summed E-state index contributed by atoms with van der Waals surface area (Å²) in [5, 5.41) is 44.6. The van der Waals surface area contributed by atoms with E-state index in [9.17, 15) is 91.6 Å². The molecule has 30 atom stereocenters. The number of nitrogen functional groups attached to an aromatic ring is 6. The Labute approximate surface area is 748 Å². The van der Waals surface area contributed by atoms with Gasteiger partial charge in [-0.05, 0) is 6.07 Å². The first kappa shape index (κ1) is 93.4. The molecule has 12 unspecified atom stereocenters. The van der Waals surface area contributed by atoms with E-state index in [0.29, 0.717) is 5.39 Å². The minimum absolute atomic E-state index is 0.00648. The van der Waals surface area contributed by atoms with Crippen LogP contribution in [-0.4, -0.2) is 318 Å². The quantitative estimate of drug-likeness (QED) is 0.0693. The lowest BCUT2D eigenvalue weighted by molar-refractivity contribution is -0.184. The normalized spacial score (nSPS) is 38.4. The number of nitrogens with two attached hydrogens (primary N) is 6. The highest BCUT2D eigenvalue weighted by Gasteiger charge is 2.67. The number of alkyl halides is 1. The Kier molecular flexibility index (Phi) is 23.8. The number of rotatable bonds is 6. The molecular weight excluding hydrogens is 1960 g/mol. The van der Waals surface area contributed by atoms with Crippen LogP contribution in [-0.2, 0) is 115 Å². The van der Waals surface area contributed by atoms with Crippen molar-refractivity contribution in [1.82, 2.24) is 112 Å². The molecule has 74 heteroatoms. The minimum atomic E-state index is -5.15. The molecule has 0 aliphatic carbocycles. The van der Waals surface area contributed by atoms with Gasteiger partial charge in [0.15, 0.2) is 100.0 Å². The second kappa shape index (κ2) is 34.7. The summed E-state index contributed by atoms with van der Waals surface area (Å²) in [5.41, 5.74) is 30.8. The van der Waals surface area contributed by atoms with Crippen molar-refractivity contribution in [3.63, 3.8) is 0 Å². The number of aliphatic hydroxyl groups excluding tert-OH is 4. The largest absolute Gasteiger partial charge is 0.472 e. The van der Waals surface area contributed by atoms with Gasteiger partial charge in [0, 0.05) is 6.20 Å². The number of aliphatic hydroxyl groups is 4. The second-order valence-corrected chi connectivity index (χ2v) is 39.7. The number of nitrogens with one attached hydrogen (secondary N) is 3. The SMILES string of the molecule is Nc1nc2c(ncn2[C@@H]2O[C@@H]3COP(=O)(O)OC4[C@@H](COP(=O)(O)O[C@H]2C3O)O[C@@H](n2ccc3c(N)ncnc32)[C@H]4O)c(=O)[nH]1.Nc1nc2c(ncn2[C@@H]2O[C@@H]3COP(=O)(O)OC4[C@@H](COP(=O)(O)O[C@H]2C3O)O[C@@H](n2cnc3c(N)ncnc32)[C@H]4F)c(=O)[nH]1.Nc1nc2c(ncn2[C@@H]2O[C@@H]3COP(=O)(O)OC4[C@@H]5OC[C@]4(COP(=O)(O)O[C@H]2C3O)O[C@H]5n2cnc3c(N)ncnc32)c(=O)[nH]1. The van der Waals surface area contributed by atoms with Gasteiger partial charge in [-0.2, -0.15) is 15.0 Å². The number of aromatic nitrogens is 23. The number of nitrogens with zero attached hydrogens (tertiary/aromatic N) is 20. The molecular formula is C62H72FN29O38P6. The molecule has 0 spiro atoms. The Morgan fingerprint density at radius 2 is 0.706 bits per heavy atom. The van der Waals surface area contributed by atoms with Crippen LogP contribution in [0.3, 0.4) is 0 Å². The number of phosphoric acid groups is 6. The number of anilines is 6. The van der Waals surface area contributed by atoms with Crippen molar-refractivity contribution in [3.8, 4) is 0 Å². The van der Waals surface area contributed by atoms with E-state index in [1.807, 2.05) is 0 Å². The number of phosphoric ester groups is 6. The van der Waals surface area contributed by atoms with Gasteiger partial charge in [-0.1, -0.05) is 0 Å². The van der Waals surface area contributed by atoms with E-state index in [1.54, 1.807) is 6.07 Å². The van der Waals surface area contributed by atoms with Crippen LogP contribution in [0.15, 0.2) is 77.3 Å². The van der Waals surface area contributed by atoms with Crippen molar-refractivity contribution in [2.24, 2.45) is 0 Å². The maximum atomic E-state index is 15.9. The standard InChI is InChI=1S/C21H24N10O13P2.C21H25N9O13P2.C20H23FN10O12P2/c22-14-8-15(25-4-24-14)30(5-26-8)19-12-13-21(42-19,2-38-12)3-40-46(36,37)43-11-10(32)7(1-39-45(34,35)44-13)41-18(11)31-6-27-9-16(31)28-20(23)29-17(9)33;22-15-7-1-2-29(16(7)25-5-24-15)19-12(32)13-9(41-19)4-39-45(36,37)43-14-11(31)8(3-38-44(34,35)42-13)40-20(14)30-6-26-10-17(30)27-21(23)28-18(10)33;21-8-12-7(41-18(8)30-4-26-9-14(22)24-3-25-15(9)30)2-39-45(36,37)43-13-11(32)6(1-38-44(34,35)42-12)40-19(13)31-5-27-10-16(31)28-20(23)29-17(10)33/h4-7,10-13,18-19,32H,1-3H2,(H,34,35)(H,36,37)(H2,22,24,25)(H3,23,28,29,33);1-2,5-6,8-9,11-14,19-20,31-32H,3-4H2,(H,34,35)(H,36,37)(H2,22,24,25)(H3,23,27,28,33);3-8,11-13,18-19,32H,1-2H2,(H,34,35)(H,36,37)(H2,22,24,25)(H3,23,28,29,33)/t7-,10?,11+,12+,13?,18-,19-,21-;8-,9-,11?,12+,13?,14+,19-,20-;6-,7-,8+,11?,12?,13+,18-,19-/m111/s1. The van der Waals surface area contributed by atoms with Gasteiger partial charge in [-0.15, -0.1) is 0 Å². The van der Waals surface area contributed by atoms with Gasteiger partial charge in [0.2, 0.25) is 17.8 Å². The van der Waals surface area contributed by atoms with Crippen molar-refractivity contribution in [2.45, 2.75) is 147 Å². The van der Waals surface area contributed by atoms with Gasteiger partial charge < -0.3 is 122 Å². The van der Waals surface area contributed by atoms with Gasteiger partial charge in [0.1, 0.15) is 145 Å². The molecule has 0 amide bonds. The van der Waals surface area contributed by atoms with Crippen molar-refractivity contribution in [2.75, 3.05) is 80.7 Å². The number of imidazole rings is 5. The van der Waals surface area contributed by atoms with Crippen LogP contribution in [0.25, 0.3) is 66.9 Å². The monoisotopic (exact) mass is 2040 g/mol. The summed E-state index contributed by atoms with van der Waals surface area (Å²) >= 11 is 0. The van der Waals surface area contributed by atoms with E-state index >= 15 is 4.39 Å². The number of hydrogen-bond acceptors (Lipinski definition) is 52. The third-order valence-corrected chi connectivity index (χ3v) is 28.7. The Hall–Kier alpha value is -10.3. The van der Waals surface area contributed by atoms with E-state index < -0.39 is 250 Å². The molecule has 10 aliphatic heterocycles. The minimum Gasteiger partial charge on any atom is -0.387 e. The molecule has 22 rings (SSSR count). The summed E-state index contributed by atoms with van der Waals surface area (Å²) in [6, 6.07) is 1.56. The summed E-state index contributed by atoms with van der Waals surface area (Å²) in [6.07, 6.45) is -25.5. The van der Waals surface area contributed by atoms with Crippen molar-refractivity contribution < 1.29 is 169 Å². The molecule has 136 heavy (non-hydrogen) atoms. The lowest BCUT2D eigenvalue weighted by Gasteiger charge is -2.32. The molecule has 0 radical (unpaired) electrons. The summed E-state index contributed by atoms with van der Waals surface area (Å²) < 4.78 is 206. The van der Waals surface area contributed by atoms with Crippen LogP contribution < -0.4 is 51.1 Å². The predicted molar refractivity (Wildman–Crippen MR) is 434 cm³/mol. The highest BCUT2D eigenvalue weighted by molar-refractivity contribution is 7.48. The predicted octanol–water partition coefficient (Wildman–Crippen LogP) is -5.03. The molecule has 10 aliphatic rings. The lowest BCUT2D eigenvalue weighted by Crippen LogP contribution is -2.45. The average molecular weight is 2040 g/mol. The number of halogens is 1. The van der Waals surface area contributed by atoms with Crippen LogP contribution in [0.1, 0.15) is 37.4 Å². The smallest absolute Gasteiger partial charge is 0.387 e. The fourth-order valence-corrected chi connectivity index (χ4v) is 22.4. The molecule has 22 heterocycles. The summed E-state index contributed by atoms with van der Waals surface area (Å²) in [7, 11) is -30.5.